The van der Waals surface area contributed by atoms with Crippen LogP contribution in [-0.2, 0) is 41.0 Å². The van der Waals surface area contributed by atoms with Crippen LogP contribution in [0.1, 0.15) is 68.1 Å². The fourth-order valence-corrected chi connectivity index (χ4v) is 10.8. The van der Waals surface area contributed by atoms with E-state index in [2.05, 4.69) is 13.0 Å². The van der Waals surface area contributed by atoms with Crippen LogP contribution >= 0.6 is 7.82 Å². The molecule has 0 radical (unpaired) electrons. The van der Waals surface area contributed by atoms with E-state index in [1.54, 1.807) is 12.2 Å². The fraction of sp³-hybridized carbons (Fsp3) is 0.514. The number of ketones is 2. The van der Waals surface area contributed by atoms with E-state index in [1.807, 2.05) is 43.3 Å². The van der Waals surface area contributed by atoms with E-state index in [0.29, 0.717) is 37.1 Å². The molecule has 4 aliphatic carbocycles. The van der Waals surface area contributed by atoms with Crippen molar-refractivity contribution >= 4 is 25.1 Å². The van der Waals surface area contributed by atoms with Gasteiger partial charge in [-0.25, -0.2) is 4.57 Å². The lowest BCUT2D eigenvalue weighted by atomic mass is 9.46. The van der Waals surface area contributed by atoms with E-state index in [9.17, 15) is 29.0 Å². The third-order valence-electron chi connectivity index (χ3n) is 12.5. The van der Waals surface area contributed by atoms with E-state index in [0.717, 1.165) is 40.9 Å². The van der Waals surface area contributed by atoms with Crippen LogP contribution in [0.15, 0.2) is 60.2 Å². The van der Waals surface area contributed by atoms with Crippen molar-refractivity contribution in [3.63, 3.8) is 0 Å². The molecule has 9 atom stereocenters. The molecule has 260 valence electrons. The average molecular weight is 692 g/mol. The number of fused-ring (bicyclic) bond motifs is 8. The first-order chi connectivity index (χ1) is 23.2. The average Bonchev–Trinajstić information content (AvgIpc) is 3.73. The molecule has 2 heterocycles. The van der Waals surface area contributed by atoms with Crippen LogP contribution in [-0.4, -0.2) is 57.5 Å². The molecule has 2 aliphatic heterocycles. The zero-order chi connectivity index (χ0) is 34.5. The molecule has 4 fully saturated rings. The van der Waals surface area contributed by atoms with Crippen molar-refractivity contribution in [3.05, 3.63) is 82.5 Å². The van der Waals surface area contributed by atoms with E-state index < -0.39 is 55.1 Å². The molecule has 0 amide bonds. The van der Waals surface area contributed by atoms with Crippen LogP contribution in [0.2, 0.25) is 0 Å². The van der Waals surface area contributed by atoms with E-state index >= 15 is 0 Å². The van der Waals surface area contributed by atoms with Crippen LogP contribution in [0.4, 0.5) is 5.69 Å². The van der Waals surface area contributed by atoms with Crippen molar-refractivity contribution in [1.82, 2.24) is 0 Å². The highest BCUT2D eigenvalue weighted by Gasteiger charge is 2.76. The van der Waals surface area contributed by atoms with Crippen molar-refractivity contribution in [2.24, 2.45) is 28.6 Å². The number of carbonyl (C=O) groups excluding carboxylic acids is 2. The zero-order valence-corrected chi connectivity index (χ0v) is 28.4. The standard InChI is InChI=1S/C37H42NO10P/c1-35-11-9-25(39)16-24(35)7-8-26-27-17-31-37(30(41)19-46-49(42,43)44,36(27,2)18-29(40)32(26)35)48-34(47-31)22-5-3-20(4-6-22)13-21-14-23-10-12-45-33(23)28(38)15-21/h3-6,9,11,14-16,26-27,29,31-32,34,40H,7-8,10,12-13,17-19,38H2,1-2H3,(H2,42,43,44)/t26-,27-,29-,31+,32+,34+,35-,36-,37+/m0/s1. The summed E-state index contributed by atoms with van der Waals surface area (Å²) in [5.74, 6) is -0.161. The summed E-state index contributed by atoms with van der Waals surface area (Å²) in [6.07, 6.45) is 6.35. The van der Waals surface area contributed by atoms with Gasteiger partial charge in [0, 0.05) is 28.7 Å². The molecular weight excluding hydrogens is 649 g/mol. The second kappa shape index (κ2) is 11.4. The summed E-state index contributed by atoms with van der Waals surface area (Å²) in [6.45, 7) is 3.80. The Kier molecular flexibility index (Phi) is 7.70. The van der Waals surface area contributed by atoms with Gasteiger partial charge in [0.15, 0.2) is 23.5 Å². The Morgan fingerprint density at radius 1 is 1.12 bits per heavy atom. The minimum absolute atomic E-state index is 0.00326. The molecule has 49 heavy (non-hydrogen) atoms. The Morgan fingerprint density at radius 3 is 2.65 bits per heavy atom. The molecule has 11 nitrogen and oxygen atoms in total. The molecule has 5 N–H and O–H groups in total. The number of aliphatic hydroxyl groups excluding tert-OH is 1. The van der Waals surface area contributed by atoms with Gasteiger partial charge in [0.2, 0.25) is 0 Å². The highest BCUT2D eigenvalue weighted by atomic mass is 31.2. The third-order valence-corrected chi connectivity index (χ3v) is 13.0. The summed E-state index contributed by atoms with van der Waals surface area (Å²) in [7, 11) is -4.96. The molecule has 1 saturated heterocycles. The van der Waals surface area contributed by atoms with E-state index in [1.165, 1.54) is 0 Å². The maximum Gasteiger partial charge on any atom is 0.470 e. The number of benzene rings is 2. The Bertz CT molecular complexity index is 1830. The molecule has 3 saturated carbocycles. The number of ether oxygens (including phenoxy) is 3. The number of nitrogens with two attached hydrogens (primary N) is 1. The Labute approximate surface area is 284 Å². The Hall–Kier alpha value is -3.15. The number of rotatable bonds is 7. The van der Waals surface area contributed by atoms with Crippen LogP contribution in [0.25, 0.3) is 0 Å². The number of hydrogen-bond donors (Lipinski definition) is 4. The molecule has 12 heteroatoms. The van der Waals surface area contributed by atoms with Crippen LogP contribution in [0.3, 0.4) is 0 Å². The van der Waals surface area contributed by atoms with Gasteiger partial charge in [-0.1, -0.05) is 55.8 Å². The van der Waals surface area contributed by atoms with Gasteiger partial charge in [0.05, 0.1) is 24.5 Å². The number of carbonyl (C=O) groups is 2. The van der Waals surface area contributed by atoms with Gasteiger partial charge in [0.25, 0.3) is 0 Å². The lowest BCUT2D eigenvalue weighted by Gasteiger charge is -2.59. The highest BCUT2D eigenvalue weighted by Crippen LogP contribution is 2.70. The predicted molar refractivity (Wildman–Crippen MR) is 177 cm³/mol. The molecule has 8 rings (SSSR count). The maximum absolute atomic E-state index is 14.3. The number of allylic oxidation sites excluding steroid dienone is 4. The SMILES string of the molecule is C[C@]12C=CC(=O)C=C1CC[C@@H]1[C@@H]2[C@@H](O)C[C@@]2(C)[C@H]1C[C@H]1O[C@@H](c3ccc(Cc4cc(N)c5c(c4)CCO5)cc3)O[C@]12C(=O)COP(=O)(O)O. The number of phosphoric acid groups is 1. The number of nitrogen functional groups attached to an aromatic ring is 1. The summed E-state index contributed by atoms with van der Waals surface area (Å²) in [5, 5.41) is 11.9. The van der Waals surface area contributed by atoms with Crippen molar-refractivity contribution in [2.45, 2.75) is 76.5 Å². The van der Waals surface area contributed by atoms with Crippen molar-refractivity contribution in [3.8, 4) is 5.75 Å². The molecule has 0 bridgehead atoms. The fourth-order valence-electron chi connectivity index (χ4n) is 10.5. The quantitative estimate of drug-likeness (QED) is 0.238. The number of aliphatic hydroxyl groups is 1. The molecular formula is C37H42NO10P. The second-order valence-electron chi connectivity index (χ2n) is 15.1. The lowest BCUT2D eigenvalue weighted by Crippen LogP contribution is -2.63. The lowest BCUT2D eigenvalue weighted by molar-refractivity contribution is -0.200. The Morgan fingerprint density at radius 2 is 1.90 bits per heavy atom. The first kappa shape index (κ1) is 33.0. The van der Waals surface area contributed by atoms with Gasteiger partial charge in [-0.15, -0.1) is 0 Å². The number of anilines is 1. The number of phosphoric ester groups is 1. The second-order valence-corrected chi connectivity index (χ2v) is 16.4. The Balaban J connectivity index is 1.09. The van der Waals surface area contributed by atoms with E-state index in [4.69, 9.17) is 24.5 Å². The van der Waals surface area contributed by atoms with Crippen molar-refractivity contribution in [2.75, 3.05) is 18.9 Å². The van der Waals surface area contributed by atoms with Crippen LogP contribution in [0, 0.1) is 28.6 Å². The smallest absolute Gasteiger partial charge is 0.470 e. The van der Waals surface area contributed by atoms with Crippen LogP contribution < -0.4 is 10.5 Å². The van der Waals surface area contributed by atoms with Gasteiger partial charge in [-0.05, 0) is 78.8 Å². The first-order valence-corrected chi connectivity index (χ1v) is 18.6. The topological polar surface area (TPSA) is 175 Å². The minimum atomic E-state index is -4.96. The van der Waals surface area contributed by atoms with Crippen molar-refractivity contribution in [1.29, 1.82) is 0 Å². The molecule has 6 aliphatic rings. The molecule has 0 spiro atoms. The third kappa shape index (κ3) is 5.12. The van der Waals surface area contributed by atoms with Gasteiger partial charge < -0.3 is 34.8 Å². The first-order valence-electron chi connectivity index (χ1n) is 17.0. The zero-order valence-electron chi connectivity index (χ0n) is 27.5. The van der Waals surface area contributed by atoms with Gasteiger partial charge in [-0.2, -0.15) is 0 Å². The molecule has 2 aromatic rings. The molecule has 2 aromatic carbocycles. The monoisotopic (exact) mass is 691 g/mol. The summed E-state index contributed by atoms with van der Waals surface area (Å²) < 4.78 is 35.5. The number of Topliss-reactive ketones (excluding diaryl/α,β-unsaturated/α-hetero) is 1. The summed E-state index contributed by atoms with van der Waals surface area (Å²) in [4.78, 5) is 45.5. The van der Waals surface area contributed by atoms with Gasteiger partial charge in [-0.3, -0.25) is 14.1 Å². The van der Waals surface area contributed by atoms with Gasteiger partial charge >= 0.3 is 7.82 Å². The predicted octanol–water partition coefficient (Wildman–Crippen LogP) is 4.51. The van der Waals surface area contributed by atoms with E-state index in [-0.39, 0.29) is 30.0 Å². The van der Waals surface area contributed by atoms with Gasteiger partial charge in [0.1, 0.15) is 12.4 Å². The normalized spacial score (nSPS) is 37.4. The largest absolute Gasteiger partial charge is 0.491 e. The highest BCUT2D eigenvalue weighted by molar-refractivity contribution is 7.46. The summed E-state index contributed by atoms with van der Waals surface area (Å²) in [6, 6.07) is 11.8. The molecule has 0 aromatic heterocycles. The van der Waals surface area contributed by atoms with Crippen LogP contribution in [0.5, 0.6) is 5.75 Å². The maximum atomic E-state index is 14.3. The summed E-state index contributed by atoms with van der Waals surface area (Å²) in [5.41, 5.74) is 8.79. The number of hydrogen-bond acceptors (Lipinski definition) is 9. The minimum Gasteiger partial charge on any atom is -0.491 e. The summed E-state index contributed by atoms with van der Waals surface area (Å²) >= 11 is 0. The molecule has 0 unspecified atom stereocenters. The van der Waals surface area contributed by atoms with Crippen molar-refractivity contribution < 1.29 is 47.8 Å².